The van der Waals surface area contributed by atoms with Gasteiger partial charge in [0.05, 0.1) is 6.54 Å². The van der Waals surface area contributed by atoms with Crippen LogP contribution in [0.2, 0.25) is 0 Å². The minimum atomic E-state index is -0.740. The first-order valence-corrected chi connectivity index (χ1v) is 7.75. The molecule has 1 amide bonds. The van der Waals surface area contributed by atoms with E-state index < -0.39 is 5.97 Å². The van der Waals surface area contributed by atoms with Gasteiger partial charge in [-0.25, -0.2) is 0 Å². The first kappa shape index (κ1) is 16.3. The Balaban J connectivity index is 2.18. The van der Waals surface area contributed by atoms with Crippen LogP contribution in [0.25, 0.3) is 0 Å². The van der Waals surface area contributed by atoms with Crippen LogP contribution in [0.3, 0.4) is 0 Å². The van der Waals surface area contributed by atoms with Crippen molar-refractivity contribution in [2.24, 2.45) is 11.8 Å². The van der Waals surface area contributed by atoms with E-state index in [4.69, 9.17) is 5.11 Å². The van der Waals surface area contributed by atoms with Crippen molar-refractivity contribution >= 4 is 17.6 Å². The van der Waals surface area contributed by atoms with Crippen LogP contribution in [0.4, 0.5) is 5.69 Å². The largest absolute Gasteiger partial charge is 0.481 e. The summed E-state index contributed by atoms with van der Waals surface area (Å²) in [6, 6.07) is 10.1. The molecule has 5 heteroatoms. The van der Waals surface area contributed by atoms with Crippen molar-refractivity contribution in [1.29, 1.82) is 0 Å². The predicted molar refractivity (Wildman–Crippen MR) is 85.8 cm³/mol. The van der Waals surface area contributed by atoms with E-state index in [1.807, 2.05) is 30.3 Å². The second-order valence-corrected chi connectivity index (χ2v) is 6.12. The number of para-hydroxylation sites is 1. The fourth-order valence-electron chi connectivity index (χ4n) is 3.45. The zero-order valence-corrected chi connectivity index (χ0v) is 13.2. The molecule has 22 heavy (non-hydrogen) atoms. The first-order valence-electron chi connectivity index (χ1n) is 7.75. The first-order chi connectivity index (χ1) is 10.5. The molecule has 120 valence electrons. The van der Waals surface area contributed by atoms with Crippen LogP contribution < -0.4 is 10.2 Å². The maximum absolute atomic E-state index is 11.9. The van der Waals surface area contributed by atoms with Crippen molar-refractivity contribution < 1.29 is 14.7 Å². The van der Waals surface area contributed by atoms with E-state index in [9.17, 15) is 9.59 Å². The number of aliphatic carboxylic acids is 1. The molecule has 0 radical (unpaired) electrons. The number of carbonyl (C=O) groups excluding carboxylic acids is 1. The quantitative estimate of drug-likeness (QED) is 0.844. The van der Waals surface area contributed by atoms with Gasteiger partial charge in [-0.15, -0.1) is 0 Å². The number of hydrogen-bond acceptors (Lipinski definition) is 3. The number of carboxylic acid groups (broad SMARTS) is 1. The third-order valence-corrected chi connectivity index (χ3v) is 4.48. The minimum Gasteiger partial charge on any atom is -0.481 e. The molecule has 1 aliphatic rings. The molecular weight excluding hydrogens is 280 g/mol. The molecule has 1 aliphatic carbocycles. The van der Waals surface area contributed by atoms with Crippen LogP contribution in [-0.2, 0) is 9.59 Å². The second-order valence-electron chi connectivity index (χ2n) is 6.12. The van der Waals surface area contributed by atoms with Gasteiger partial charge in [-0.2, -0.15) is 0 Å². The van der Waals surface area contributed by atoms with Gasteiger partial charge in [0.25, 0.3) is 0 Å². The zero-order chi connectivity index (χ0) is 16.1. The summed E-state index contributed by atoms with van der Waals surface area (Å²) in [5, 5.41) is 11.7. The van der Waals surface area contributed by atoms with Crippen molar-refractivity contribution in [3.05, 3.63) is 30.3 Å². The zero-order valence-electron chi connectivity index (χ0n) is 13.2. The summed E-state index contributed by atoms with van der Waals surface area (Å²) in [7, 11) is 1.64. The maximum atomic E-state index is 11.9. The van der Waals surface area contributed by atoms with Gasteiger partial charge in [0.1, 0.15) is 0 Å². The molecule has 0 bridgehead atoms. The van der Waals surface area contributed by atoms with E-state index in [1.54, 1.807) is 7.05 Å². The Hall–Kier alpha value is -2.04. The summed E-state index contributed by atoms with van der Waals surface area (Å²) in [5.41, 5.74) is 1.01. The summed E-state index contributed by atoms with van der Waals surface area (Å²) >= 11 is 0. The van der Waals surface area contributed by atoms with Gasteiger partial charge in [0, 0.05) is 25.2 Å². The molecule has 5 nitrogen and oxygen atoms in total. The molecule has 0 aliphatic heterocycles. The Morgan fingerprint density at radius 1 is 1.27 bits per heavy atom. The molecule has 1 fully saturated rings. The predicted octanol–water partition coefficient (Wildman–Crippen LogP) is 2.13. The maximum Gasteiger partial charge on any atom is 0.303 e. The van der Waals surface area contributed by atoms with Crippen molar-refractivity contribution in [3.8, 4) is 0 Å². The highest BCUT2D eigenvalue weighted by atomic mass is 16.4. The van der Waals surface area contributed by atoms with Gasteiger partial charge in [0.2, 0.25) is 5.91 Å². The number of anilines is 1. The van der Waals surface area contributed by atoms with Gasteiger partial charge in [-0.05, 0) is 36.8 Å². The highest BCUT2D eigenvalue weighted by Gasteiger charge is 2.36. The molecule has 0 heterocycles. The highest BCUT2D eigenvalue weighted by Crippen LogP contribution is 2.38. The molecule has 3 unspecified atom stereocenters. The number of hydrogen-bond donors (Lipinski definition) is 2. The third kappa shape index (κ3) is 4.00. The lowest BCUT2D eigenvalue weighted by atomic mass is 10.0. The number of nitrogens with zero attached hydrogens (tertiary/aromatic N) is 1. The topological polar surface area (TPSA) is 69.6 Å². The number of benzene rings is 1. The van der Waals surface area contributed by atoms with E-state index in [0.717, 1.165) is 18.5 Å². The number of likely N-dealkylation sites (N-methyl/N-ethyl adjacent to an activating group) is 1. The Morgan fingerprint density at radius 2 is 1.95 bits per heavy atom. The SMILES string of the molecule is CNC(=O)CN(c1ccccc1)C1CC(CC(=O)O)CC1C. The standard InChI is InChI=1S/C17H24N2O3/c1-12-8-13(10-17(21)22)9-15(12)19(11-16(20)18-2)14-6-4-3-5-7-14/h3-7,12-13,15H,8-11H2,1-2H3,(H,18,20)(H,21,22). The van der Waals surface area contributed by atoms with Crippen LogP contribution in [0.5, 0.6) is 0 Å². The van der Waals surface area contributed by atoms with Crippen LogP contribution in [-0.4, -0.2) is 36.6 Å². The molecule has 2 rings (SSSR count). The normalized spacial score (nSPS) is 24.0. The molecule has 3 atom stereocenters. The van der Waals surface area contributed by atoms with Gasteiger partial charge < -0.3 is 15.3 Å². The Kier molecular flexibility index (Phi) is 5.41. The van der Waals surface area contributed by atoms with Gasteiger partial charge in [0.15, 0.2) is 0 Å². The Labute approximate surface area is 131 Å². The van der Waals surface area contributed by atoms with Crippen molar-refractivity contribution in [2.75, 3.05) is 18.5 Å². The van der Waals surface area contributed by atoms with E-state index in [-0.39, 0.29) is 24.3 Å². The highest BCUT2D eigenvalue weighted by molar-refractivity contribution is 5.81. The lowest BCUT2D eigenvalue weighted by Gasteiger charge is -2.33. The Bertz CT molecular complexity index is 518. The molecule has 0 spiro atoms. The molecule has 1 aromatic carbocycles. The number of carboxylic acids is 1. The monoisotopic (exact) mass is 304 g/mol. The average Bonchev–Trinajstić information content (AvgIpc) is 2.84. The van der Waals surface area contributed by atoms with E-state index >= 15 is 0 Å². The smallest absolute Gasteiger partial charge is 0.303 e. The minimum absolute atomic E-state index is 0.0299. The summed E-state index contributed by atoms with van der Waals surface area (Å²) in [4.78, 5) is 24.9. The fraction of sp³-hybridized carbons (Fsp3) is 0.529. The Morgan fingerprint density at radius 3 is 2.55 bits per heavy atom. The number of amides is 1. The van der Waals surface area contributed by atoms with Crippen LogP contribution in [0.1, 0.15) is 26.2 Å². The lowest BCUT2D eigenvalue weighted by molar-refractivity contribution is -0.138. The lowest BCUT2D eigenvalue weighted by Crippen LogP contribution is -2.43. The van der Waals surface area contributed by atoms with Crippen molar-refractivity contribution in [3.63, 3.8) is 0 Å². The van der Waals surface area contributed by atoms with Crippen LogP contribution >= 0.6 is 0 Å². The molecule has 2 N–H and O–H groups in total. The summed E-state index contributed by atoms with van der Waals surface area (Å²) in [6.07, 6.45) is 1.93. The van der Waals surface area contributed by atoms with Gasteiger partial charge in [-0.3, -0.25) is 9.59 Å². The molecule has 0 saturated heterocycles. The summed E-state index contributed by atoms with van der Waals surface area (Å²) < 4.78 is 0. The number of rotatable bonds is 6. The molecule has 1 aromatic rings. The van der Waals surface area contributed by atoms with Crippen molar-refractivity contribution in [2.45, 2.75) is 32.2 Å². The van der Waals surface area contributed by atoms with Crippen LogP contribution in [0, 0.1) is 11.8 Å². The van der Waals surface area contributed by atoms with E-state index in [2.05, 4.69) is 17.1 Å². The molecule has 0 aromatic heterocycles. The second kappa shape index (κ2) is 7.29. The fourth-order valence-corrected chi connectivity index (χ4v) is 3.45. The summed E-state index contributed by atoms with van der Waals surface area (Å²) in [5.74, 6) is -0.212. The molecule has 1 saturated carbocycles. The van der Waals surface area contributed by atoms with Crippen LogP contribution in [0.15, 0.2) is 30.3 Å². The van der Waals surface area contributed by atoms with Gasteiger partial charge >= 0.3 is 5.97 Å². The molecular formula is C17H24N2O3. The third-order valence-electron chi connectivity index (χ3n) is 4.48. The number of nitrogens with one attached hydrogen (secondary N) is 1. The number of carbonyl (C=O) groups is 2. The van der Waals surface area contributed by atoms with Crippen molar-refractivity contribution in [1.82, 2.24) is 5.32 Å². The summed E-state index contributed by atoms with van der Waals surface area (Å²) in [6.45, 7) is 2.45. The van der Waals surface area contributed by atoms with E-state index in [0.29, 0.717) is 12.5 Å². The average molecular weight is 304 g/mol. The van der Waals surface area contributed by atoms with E-state index in [1.165, 1.54) is 0 Å². The van der Waals surface area contributed by atoms with Gasteiger partial charge in [-0.1, -0.05) is 25.1 Å².